The second-order valence-electron chi connectivity index (χ2n) is 4.00. The highest BCUT2D eigenvalue weighted by atomic mass is 19.4. The smallest absolute Gasteiger partial charge is 0.406 e. The first-order valence-electron chi connectivity index (χ1n) is 5.61. The fourth-order valence-electron chi connectivity index (χ4n) is 1.53. The van der Waals surface area contributed by atoms with Crippen molar-refractivity contribution in [2.75, 3.05) is 6.54 Å². The Hall–Kier alpha value is -1.49. The lowest BCUT2D eigenvalue weighted by atomic mass is 10.1. The molecule has 0 radical (unpaired) electrons. The van der Waals surface area contributed by atoms with E-state index in [-0.39, 0.29) is 5.75 Å². The van der Waals surface area contributed by atoms with E-state index in [9.17, 15) is 13.2 Å². The largest absolute Gasteiger partial charge is 0.573 e. The zero-order valence-electron chi connectivity index (χ0n) is 10.1. The first-order chi connectivity index (χ1) is 8.40. The van der Waals surface area contributed by atoms with E-state index in [0.29, 0.717) is 13.0 Å². The van der Waals surface area contributed by atoms with Gasteiger partial charge in [0.2, 0.25) is 0 Å². The number of alkyl halides is 3. The number of rotatable bonds is 5. The van der Waals surface area contributed by atoms with Gasteiger partial charge in [-0.2, -0.15) is 0 Å². The van der Waals surface area contributed by atoms with Crippen LogP contribution in [-0.2, 0) is 6.42 Å². The Bertz CT molecular complexity index is 396. The third-order valence-electron chi connectivity index (χ3n) is 2.30. The van der Waals surface area contributed by atoms with Crippen LogP contribution in [0.4, 0.5) is 13.2 Å². The molecule has 0 spiro atoms. The summed E-state index contributed by atoms with van der Waals surface area (Å²) in [4.78, 5) is 0. The molecule has 0 aliphatic carbocycles. The molecule has 0 atom stereocenters. The van der Waals surface area contributed by atoms with Gasteiger partial charge in [-0.15, -0.1) is 13.2 Å². The minimum atomic E-state index is -4.64. The SMILES string of the molecule is CC(=CCCN)Cc1ccc(OC(F)(F)F)cc1. The van der Waals surface area contributed by atoms with Crippen LogP contribution in [0.25, 0.3) is 0 Å². The summed E-state index contributed by atoms with van der Waals surface area (Å²) in [5.74, 6) is -0.199. The van der Waals surface area contributed by atoms with E-state index in [2.05, 4.69) is 4.74 Å². The lowest BCUT2D eigenvalue weighted by Crippen LogP contribution is -2.17. The molecule has 0 fully saturated rings. The number of hydrogen-bond donors (Lipinski definition) is 1. The number of allylic oxidation sites excluding steroid dienone is 1. The molecule has 0 aliphatic heterocycles. The first-order valence-corrected chi connectivity index (χ1v) is 5.61. The van der Waals surface area contributed by atoms with Crippen LogP contribution in [0.3, 0.4) is 0 Å². The third-order valence-corrected chi connectivity index (χ3v) is 2.30. The first kappa shape index (κ1) is 14.6. The van der Waals surface area contributed by atoms with Gasteiger partial charge in [-0.25, -0.2) is 0 Å². The maximum Gasteiger partial charge on any atom is 0.573 e. The van der Waals surface area contributed by atoms with Gasteiger partial charge in [0.05, 0.1) is 0 Å². The zero-order chi connectivity index (χ0) is 13.6. The van der Waals surface area contributed by atoms with Gasteiger partial charge in [0.25, 0.3) is 0 Å². The maximum absolute atomic E-state index is 11.9. The number of nitrogens with two attached hydrogens (primary N) is 1. The van der Waals surface area contributed by atoms with E-state index in [4.69, 9.17) is 5.73 Å². The summed E-state index contributed by atoms with van der Waals surface area (Å²) >= 11 is 0. The van der Waals surface area contributed by atoms with Crippen LogP contribution in [-0.4, -0.2) is 12.9 Å². The molecule has 0 saturated heterocycles. The summed E-state index contributed by atoms with van der Waals surface area (Å²) in [7, 11) is 0. The van der Waals surface area contributed by atoms with Gasteiger partial charge in [0.15, 0.2) is 0 Å². The standard InChI is InChI=1S/C13H16F3NO/c1-10(3-2-8-17)9-11-4-6-12(7-5-11)18-13(14,15)16/h3-7H,2,8-9,17H2,1H3. The molecule has 2 nitrogen and oxygen atoms in total. The predicted molar refractivity (Wildman–Crippen MR) is 64.3 cm³/mol. The monoisotopic (exact) mass is 259 g/mol. The Kier molecular flexibility index (Phi) is 5.22. The van der Waals surface area contributed by atoms with E-state index in [1.807, 2.05) is 13.0 Å². The molecule has 18 heavy (non-hydrogen) atoms. The summed E-state index contributed by atoms with van der Waals surface area (Å²) in [5.41, 5.74) is 7.46. The fraction of sp³-hybridized carbons (Fsp3) is 0.385. The molecule has 0 saturated carbocycles. The van der Waals surface area contributed by atoms with E-state index in [0.717, 1.165) is 17.6 Å². The van der Waals surface area contributed by atoms with Gasteiger partial charge >= 0.3 is 6.36 Å². The van der Waals surface area contributed by atoms with Crippen LogP contribution >= 0.6 is 0 Å². The van der Waals surface area contributed by atoms with Gasteiger partial charge in [-0.3, -0.25) is 0 Å². The fourth-order valence-corrected chi connectivity index (χ4v) is 1.53. The van der Waals surface area contributed by atoms with Crippen LogP contribution in [0.1, 0.15) is 18.9 Å². The molecular weight excluding hydrogens is 243 g/mol. The summed E-state index contributed by atoms with van der Waals surface area (Å²) in [6, 6.07) is 5.89. The van der Waals surface area contributed by atoms with Crippen LogP contribution in [0, 0.1) is 0 Å². The molecule has 0 bridgehead atoms. The average molecular weight is 259 g/mol. The average Bonchev–Trinajstić information content (AvgIpc) is 2.27. The minimum Gasteiger partial charge on any atom is -0.406 e. The Morgan fingerprint density at radius 1 is 1.28 bits per heavy atom. The second-order valence-corrected chi connectivity index (χ2v) is 4.00. The van der Waals surface area contributed by atoms with E-state index in [1.165, 1.54) is 12.1 Å². The van der Waals surface area contributed by atoms with Crippen molar-refractivity contribution in [2.24, 2.45) is 5.73 Å². The second kappa shape index (κ2) is 6.44. The molecule has 1 aromatic rings. The van der Waals surface area contributed by atoms with E-state index in [1.54, 1.807) is 12.1 Å². The van der Waals surface area contributed by atoms with Crippen molar-refractivity contribution >= 4 is 0 Å². The summed E-state index contributed by atoms with van der Waals surface area (Å²) in [6.07, 6.45) is -1.11. The van der Waals surface area contributed by atoms with E-state index >= 15 is 0 Å². The lowest BCUT2D eigenvalue weighted by Gasteiger charge is -2.09. The molecule has 0 heterocycles. The van der Waals surface area contributed by atoms with Crippen LogP contribution < -0.4 is 10.5 Å². The highest BCUT2D eigenvalue weighted by Crippen LogP contribution is 2.23. The Balaban J connectivity index is 2.60. The van der Waals surface area contributed by atoms with Crippen molar-refractivity contribution in [2.45, 2.75) is 26.1 Å². The number of ether oxygens (including phenoxy) is 1. The molecule has 2 N–H and O–H groups in total. The number of hydrogen-bond acceptors (Lipinski definition) is 2. The van der Waals surface area contributed by atoms with Gasteiger partial charge in [-0.1, -0.05) is 23.8 Å². The molecule has 5 heteroatoms. The van der Waals surface area contributed by atoms with Crippen molar-refractivity contribution in [3.8, 4) is 5.75 Å². The van der Waals surface area contributed by atoms with Crippen LogP contribution in [0.5, 0.6) is 5.75 Å². The van der Waals surface area contributed by atoms with Crippen LogP contribution in [0.15, 0.2) is 35.9 Å². The topological polar surface area (TPSA) is 35.2 Å². The molecular formula is C13H16F3NO. The Morgan fingerprint density at radius 2 is 1.89 bits per heavy atom. The quantitative estimate of drug-likeness (QED) is 0.822. The summed E-state index contributed by atoms with van der Waals surface area (Å²) < 4.78 is 39.6. The summed E-state index contributed by atoms with van der Waals surface area (Å²) in [6.45, 7) is 2.56. The lowest BCUT2D eigenvalue weighted by molar-refractivity contribution is -0.274. The zero-order valence-corrected chi connectivity index (χ0v) is 10.1. The summed E-state index contributed by atoms with van der Waals surface area (Å²) in [5, 5.41) is 0. The third kappa shape index (κ3) is 5.72. The molecule has 0 aromatic heterocycles. The van der Waals surface area contributed by atoms with E-state index < -0.39 is 6.36 Å². The highest BCUT2D eigenvalue weighted by Gasteiger charge is 2.30. The molecule has 1 aromatic carbocycles. The van der Waals surface area contributed by atoms with Crippen molar-refractivity contribution < 1.29 is 17.9 Å². The molecule has 100 valence electrons. The maximum atomic E-state index is 11.9. The van der Waals surface area contributed by atoms with Gasteiger partial charge < -0.3 is 10.5 Å². The van der Waals surface area contributed by atoms with Crippen molar-refractivity contribution in [3.63, 3.8) is 0 Å². The number of benzene rings is 1. The van der Waals surface area contributed by atoms with Gasteiger partial charge in [0, 0.05) is 0 Å². The van der Waals surface area contributed by atoms with Crippen molar-refractivity contribution in [3.05, 3.63) is 41.5 Å². The molecule has 0 amide bonds. The van der Waals surface area contributed by atoms with Gasteiger partial charge in [-0.05, 0) is 44.0 Å². The Labute approximate surface area is 104 Å². The minimum absolute atomic E-state index is 0.199. The van der Waals surface area contributed by atoms with Crippen molar-refractivity contribution in [1.29, 1.82) is 0 Å². The molecule has 1 rings (SSSR count). The molecule has 0 unspecified atom stereocenters. The van der Waals surface area contributed by atoms with Crippen LogP contribution in [0.2, 0.25) is 0 Å². The van der Waals surface area contributed by atoms with Gasteiger partial charge in [0.1, 0.15) is 5.75 Å². The van der Waals surface area contributed by atoms with Crippen molar-refractivity contribution in [1.82, 2.24) is 0 Å². The predicted octanol–water partition coefficient (Wildman–Crippen LogP) is 3.42. The highest BCUT2D eigenvalue weighted by molar-refractivity contribution is 5.29. The molecule has 0 aliphatic rings. The number of halogens is 3. The Morgan fingerprint density at radius 3 is 2.39 bits per heavy atom. The normalized spacial score (nSPS) is 12.6.